The van der Waals surface area contributed by atoms with Gasteiger partial charge in [-0.15, -0.1) is 0 Å². The Morgan fingerprint density at radius 1 is 1.06 bits per heavy atom. The summed E-state index contributed by atoms with van der Waals surface area (Å²) >= 11 is 11.6. The highest BCUT2D eigenvalue weighted by atomic mass is 35.5. The van der Waals surface area contributed by atoms with Crippen molar-refractivity contribution in [2.75, 3.05) is 0 Å². The lowest BCUT2D eigenvalue weighted by Gasteiger charge is -2.06. The van der Waals surface area contributed by atoms with Crippen LogP contribution in [0.15, 0.2) is 42.5 Å². The first-order valence-electron chi connectivity index (χ1n) is 4.87. The molecule has 2 aromatic carbocycles. The molecule has 2 aromatic rings. The maximum absolute atomic E-state index is 12.1. The maximum Gasteiger partial charge on any atom is 0.196 e. The summed E-state index contributed by atoms with van der Waals surface area (Å²) in [7, 11) is 0. The van der Waals surface area contributed by atoms with Crippen LogP contribution in [0.25, 0.3) is 0 Å². The number of ketones is 1. The average molecular weight is 267 g/mol. The Bertz CT molecular complexity index is 565. The van der Waals surface area contributed by atoms with Gasteiger partial charge in [0.15, 0.2) is 5.78 Å². The van der Waals surface area contributed by atoms with E-state index < -0.39 is 0 Å². The van der Waals surface area contributed by atoms with Gasteiger partial charge in [-0.3, -0.25) is 4.79 Å². The van der Waals surface area contributed by atoms with Crippen molar-refractivity contribution in [3.05, 3.63) is 63.6 Å². The van der Waals surface area contributed by atoms with Crippen LogP contribution in [0.3, 0.4) is 0 Å². The smallest absolute Gasteiger partial charge is 0.196 e. The Morgan fingerprint density at radius 2 is 1.71 bits per heavy atom. The van der Waals surface area contributed by atoms with Crippen LogP contribution in [0.5, 0.6) is 5.75 Å². The number of hydrogen-bond acceptors (Lipinski definition) is 2. The summed E-state index contributed by atoms with van der Waals surface area (Å²) in [6.07, 6.45) is 0. The molecule has 0 radical (unpaired) electrons. The van der Waals surface area contributed by atoms with Crippen LogP contribution < -0.4 is 0 Å². The third-order valence-corrected chi connectivity index (χ3v) is 2.82. The Balaban J connectivity index is 2.52. The number of phenols is 1. The molecule has 0 aliphatic heterocycles. The predicted octanol–water partition coefficient (Wildman–Crippen LogP) is 3.93. The van der Waals surface area contributed by atoms with E-state index in [1.54, 1.807) is 24.3 Å². The minimum Gasteiger partial charge on any atom is -0.506 e. The van der Waals surface area contributed by atoms with E-state index in [4.69, 9.17) is 23.2 Å². The molecule has 1 N–H and O–H groups in total. The molecule has 0 aliphatic rings. The van der Waals surface area contributed by atoms with Gasteiger partial charge in [-0.05, 0) is 12.1 Å². The monoisotopic (exact) mass is 266 g/mol. The van der Waals surface area contributed by atoms with E-state index in [-0.39, 0.29) is 22.1 Å². The molecule has 0 unspecified atom stereocenters. The fourth-order valence-electron chi connectivity index (χ4n) is 1.48. The van der Waals surface area contributed by atoms with Crippen LogP contribution in [0.4, 0.5) is 0 Å². The molecule has 2 rings (SSSR count). The van der Waals surface area contributed by atoms with Gasteiger partial charge < -0.3 is 5.11 Å². The third-order valence-electron chi connectivity index (χ3n) is 2.31. The summed E-state index contributed by atoms with van der Waals surface area (Å²) in [5.74, 6) is -0.558. The molecule has 0 amide bonds. The molecule has 0 aromatic heterocycles. The summed E-state index contributed by atoms with van der Waals surface area (Å²) in [6.45, 7) is 0. The molecule has 86 valence electrons. The van der Waals surface area contributed by atoms with E-state index in [1.165, 1.54) is 12.1 Å². The molecule has 17 heavy (non-hydrogen) atoms. The van der Waals surface area contributed by atoms with Crippen LogP contribution in [0, 0.1) is 0 Å². The van der Waals surface area contributed by atoms with Gasteiger partial charge in [-0.2, -0.15) is 0 Å². The zero-order valence-corrected chi connectivity index (χ0v) is 10.2. The molecular weight excluding hydrogens is 259 g/mol. The van der Waals surface area contributed by atoms with E-state index >= 15 is 0 Å². The number of carbonyl (C=O) groups is 1. The van der Waals surface area contributed by atoms with E-state index in [9.17, 15) is 9.90 Å². The Hall–Kier alpha value is -1.51. The largest absolute Gasteiger partial charge is 0.506 e. The summed E-state index contributed by atoms with van der Waals surface area (Å²) in [4.78, 5) is 12.1. The zero-order valence-electron chi connectivity index (χ0n) is 8.65. The Morgan fingerprint density at radius 3 is 2.35 bits per heavy atom. The summed E-state index contributed by atoms with van der Waals surface area (Å²) < 4.78 is 0. The molecule has 0 saturated carbocycles. The SMILES string of the molecule is O=C(c1ccccc1)c1cc(Cl)cc(Cl)c1O. The second-order valence-electron chi connectivity index (χ2n) is 3.48. The summed E-state index contributed by atoms with van der Waals surface area (Å²) in [5, 5.41) is 10.1. The third kappa shape index (κ3) is 2.43. The molecule has 0 bridgehead atoms. The van der Waals surface area contributed by atoms with Crippen molar-refractivity contribution >= 4 is 29.0 Å². The number of halogens is 2. The fourth-order valence-corrected chi connectivity index (χ4v) is 1.98. The number of aromatic hydroxyl groups is 1. The molecule has 0 heterocycles. The normalized spacial score (nSPS) is 10.2. The molecule has 0 fully saturated rings. The second-order valence-corrected chi connectivity index (χ2v) is 4.32. The van der Waals surface area contributed by atoms with Gasteiger partial charge in [0.1, 0.15) is 5.75 Å². The first kappa shape index (κ1) is 12.0. The number of benzene rings is 2. The molecule has 2 nitrogen and oxygen atoms in total. The predicted molar refractivity (Wildman–Crippen MR) is 68.0 cm³/mol. The van der Waals surface area contributed by atoms with E-state index in [2.05, 4.69) is 0 Å². The van der Waals surface area contributed by atoms with Crippen LogP contribution in [0.2, 0.25) is 10.0 Å². The maximum atomic E-state index is 12.1. The van der Waals surface area contributed by atoms with Crippen molar-refractivity contribution in [3.63, 3.8) is 0 Å². The average Bonchev–Trinajstić information content (AvgIpc) is 2.34. The second kappa shape index (κ2) is 4.78. The van der Waals surface area contributed by atoms with Gasteiger partial charge in [-0.25, -0.2) is 0 Å². The highest BCUT2D eigenvalue weighted by molar-refractivity contribution is 6.36. The van der Waals surface area contributed by atoms with E-state index in [0.717, 1.165) is 0 Å². The van der Waals surface area contributed by atoms with Gasteiger partial charge >= 0.3 is 0 Å². The lowest BCUT2D eigenvalue weighted by molar-refractivity contribution is 0.103. The van der Waals surface area contributed by atoms with Crippen molar-refractivity contribution in [1.29, 1.82) is 0 Å². The topological polar surface area (TPSA) is 37.3 Å². The molecule has 0 saturated heterocycles. The number of carbonyl (C=O) groups excluding carboxylic acids is 1. The molecular formula is C13H8Cl2O2. The Kier molecular flexibility index (Phi) is 3.36. The quantitative estimate of drug-likeness (QED) is 0.837. The fraction of sp³-hybridized carbons (Fsp3) is 0. The first-order chi connectivity index (χ1) is 8.09. The zero-order chi connectivity index (χ0) is 12.4. The van der Waals surface area contributed by atoms with Crippen LogP contribution in [-0.2, 0) is 0 Å². The highest BCUT2D eigenvalue weighted by Gasteiger charge is 2.16. The molecule has 0 aliphatic carbocycles. The van der Waals surface area contributed by atoms with Gasteiger partial charge in [0.25, 0.3) is 0 Å². The number of phenolic OH excluding ortho intramolecular Hbond substituents is 1. The van der Waals surface area contributed by atoms with Crippen molar-refractivity contribution in [1.82, 2.24) is 0 Å². The van der Waals surface area contributed by atoms with Crippen molar-refractivity contribution in [2.45, 2.75) is 0 Å². The van der Waals surface area contributed by atoms with Crippen molar-refractivity contribution in [3.8, 4) is 5.75 Å². The lowest BCUT2D eigenvalue weighted by atomic mass is 10.0. The van der Waals surface area contributed by atoms with Crippen molar-refractivity contribution < 1.29 is 9.90 Å². The number of hydrogen-bond donors (Lipinski definition) is 1. The Labute approximate surface area is 108 Å². The van der Waals surface area contributed by atoms with E-state index in [1.807, 2.05) is 6.07 Å². The summed E-state index contributed by atoms with van der Waals surface area (Å²) in [5.41, 5.74) is 0.579. The van der Waals surface area contributed by atoms with Gasteiger partial charge in [-0.1, -0.05) is 53.5 Å². The highest BCUT2D eigenvalue weighted by Crippen LogP contribution is 2.32. The molecule has 4 heteroatoms. The minimum absolute atomic E-state index is 0.0665. The number of rotatable bonds is 2. The molecule has 0 atom stereocenters. The van der Waals surface area contributed by atoms with Gasteiger partial charge in [0, 0.05) is 10.6 Å². The standard InChI is InChI=1S/C13H8Cl2O2/c14-9-6-10(13(17)11(15)7-9)12(16)8-4-2-1-3-5-8/h1-7,17H. The van der Waals surface area contributed by atoms with Gasteiger partial charge in [0.05, 0.1) is 10.6 Å². The van der Waals surface area contributed by atoms with Crippen LogP contribution >= 0.6 is 23.2 Å². The molecule has 0 spiro atoms. The minimum atomic E-state index is -0.312. The van der Waals surface area contributed by atoms with Crippen LogP contribution in [0.1, 0.15) is 15.9 Å². The van der Waals surface area contributed by atoms with E-state index in [0.29, 0.717) is 10.6 Å². The first-order valence-corrected chi connectivity index (χ1v) is 5.63. The summed E-state index contributed by atoms with van der Waals surface area (Å²) in [6, 6.07) is 11.4. The van der Waals surface area contributed by atoms with Crippen molar-refractivity contribution in [2.24, 2.45) is 0 Å². The van der Waals surface area contributed by atoms with Crippen LogP contribution in [-0.4, -0.2) is 10.9 Å². The van der Waals surface area contributed by atoms with Gasteiger partial charge in [0.2, 0.25) is 0 Å². The lowest BCUT2D eigenvalue weighted by Crippen LogP contribution is -2.01.